The van der Waals surface area contributed by atoms with Crippen LogP contribution < -0.4 is 5.32 Å². The summed E-state index contributed by atoms with van der Waals surface area (Å²) in [5.41, 5.74) is 2.96. The highest BCUT2D eigenvalue weighted by atomic mass is 32.2. The Morgan fingerprint density at radius 1 is 0.972 bits per heavy atom. The van der Waals surface area contributed by atoms with Crippen molar-refractivity contribution in [2.75, 3.05) is 26.3 Å². The Bertz CT molecular complexity index is 1490. The molecule has 2 aromatic heterocycles. The molecule has 1 amide bonds. The molecule has 5 rings (SSSR count). The zero-order chi connectivity index (χ0) is 25.1. The maximum atomic E-state index is 13.6. The molecule has 1 aliphatic rings. The lowest BCUT2D eigenvalue weighted by Crippen LogP contribution is -2.40. The van der Waals surface area contributed by atoms with Gasteiger partial charge in [-0.25, -0.2) is 13.4 Å². The molecule has 8 nitrogen and oxygen atoms in total. The van der Waals surface area contributed by atoms with E-state index in [-0.39, 0.29) is 16.8 Å². The molecule has 0 aliphatic carbocycles. The van der Waals surface area contributed by atoms with Gasteiger partial charge in [0, 0.05) is 24.7 Å². The van der Waals surface area contributed by atoms with Crippen molar-refractivity contribution in [2.24, 2.45) is 0 Å². The first-order valence-corrected chi connectivity index (χ1v) is 13.2. The van der Waals surface area contributed by atoms with Crippen molar-refractivity contribution in [3.63, 3.8) is 0 Å². The largest absolute Gasteiger partial charge is 0.379 e. The minimum Gasteiger partial charge on any atom is -0.379 e. The molecule has 1 atom stereocenters. The predicted molar refractivity (Wildman–Crippen MR) is 137 cm³/mol. The highest BCUT2D eigenvalue weighted by Gasteiger charge is 2.27. The molecule has 1 aliphatic heterocycles. The van der Waals surface area contributed by atoms with Gasteiger partial charge < -0.3 is 10.1 Å². The van der Waals surface area contributed by atoms with Crippen molar-refractivity contribution in [2.45, 2.75) is 17.9 Å². The Morgan fingerprint density at radius 3 is 2.44 bits per heavy atom. The zero-order valence-corrected chi connectivity index (χ0v) is 20.6. The number of hydrogen-bond donors (Lipinski definition) is 1. The van der Waals surface area contributed by atoms with E-state index in [2.05, 4.69) is 10.3 Å². The highest BCUT2D eigenvalue weighted by molar-refractivity contribution is 7.89. The number of carbonyl (C=O) groups is 1. The van der Waals surface area contributed by atoms with Crippen LogP contribution in [-0.2, 0) is 14.8 Å². The summed E-state index contributed by atoms with van der Waals surface area (Å²) >= 11 is 0. The number of aromatic nitrogens is 2. The summed E-state index contributed by atoms with van der Waals surface area (Å²) in [5.74, 6) is -0.322. The van der Waals surface area contributed by atoms with E-state index in [1.54, 1.807) is 18.3 Å². The monoisotopic (exact) mass is 502 g/mol. The second-order valence-corrected chi connectivity index (χ2v) is 10.5. The number of morpholine rings is 1. The second-order valence-electron chi connectivity index (χ2n) is 8.57. The molecule has 0 saturated carbocycles. The van der Waals surface area contributed by atoms with Crippen molar-refractivity contribution in [1.82, 2.24) is 19.6 Å². The van der Waals surface area contributed by atoms with Crippen LogP contribution in [0.3, 0.4) is 0 Å². The van der Waals surface area contributed by atoms with Gasteiger partial charge in [-0.1, -0.05) is 36.4 Å². The van der Waals surface area contributed by atoms with Crippen LogP contribution in [-0.4, -0.2) is 54.9 Å². The maximum absolute atomic E-state index is 13.6. The van der Waals surface area contributed by atoms with Crippen molar-refractivity contribution in [3.05, 3.63) is 90.1 Å². The van der Waals surface area contributed by atoms with Crippen LogP contribution in [0.1, 0.15) is 28.9 Å². The Hall–Kier alpha value is -3.66. The lowest BCUT2D eigenvalue weighted by Gasteiger charge is -2.26. The molecule has 0 bridgehead atoms. The van der Waals surface area contributed by atoms with Gasteiger partial charge >= 0.3 is 0 Å². The van der Waals surface area contributed by atoms with Crippen LogP contribution in [0.5, 0.6) is 0 Å². The van der Waals surface area contributed by atoms with Crippen LogP contribution in [0.25, 0.3) is 22.3 Å². The van der Waals surface area contributed by atoms with Gasteiger partial charge in [-0.3, -0.25) is 9.78 Å². The molecule has 0 spiro atoms. The molecule has 2 aromatic carbocycles. The lowest BCUT2D eigenvalue weighted by atomic mass is 10.0. The Morgan fingerprint density at radius 2 is 1.72 bits per heavy atom. The Balaban J connectivity index is 1.60. The van der Waals surface area contributed by atoms with Crippen LogP contribution in [0.15, 0.2) is 83.9 Å². The molecule has 4 aromatic rings. The summed E-state index contributed by atoms with van der Waals surface area (Å²) in [6.45, 7) is 3.20. The molecule has 0 unspecified atom stereocenters. The summed E-state index contributed by atoms with van der Waals surface area (Å²) in [5, 5.41) is 3.50. The van der Waals surface area contributed by atoms with Gasteiger partial charge in [0.25, 0.3) is 5.91 Å². The van der Waals surface area contributed by atoms with Gasteiger partial charge in [0.1, 0.15) is 0 Å². The molecule has 9 heteroatoms. The van der Waals surface area contributed by atoms with E-state index in [1.165, 1.54) is 16.4 Å². The number of carbonyl (C=O) groups excluding carboxylic acids is 1. The molecule has 1 fully saturated rings. The second kappa shape index (κ2) is 10.1. The normalized spacial score (nSPS) is 15.5. The number of pyridine rings is 2. The number of fused-ring (bicyclic) bond motifs is 1. The van der Waals surface area contributed by atoms with Crippen molar-refractivity contribution in [1.29, 1.82) is 0 Å². The third kappa shape index (κ3) is 4.86. The van der Waals surface area contributed by atoms with Crippen molar-refractivity contribution >= 4 is 26.8 Å². The molecule has 1 saturated heterocycles. The van der Waals surface area contributed by atoms with Crippen molar-refractivity contribution in [3.8, 4) is 11.4 Å². The van der Waals surface area contributed by atoms with Crippen molar-refractivity contribution < 1.29 is 17.9 Å². The summed E-state index contributed by atoms with van der Waals surface area (Å²) in [7, 11) is -3.74. The van der Waals surface area contributed by atoms with E-state index in [0.717, 1.165) is 5.56 Å². The van der Waals surface area contributed by atoms with Gasteiger partial charge in [-0.05, 0) is 48.9 Å². The van der Waals surface area contributed by atoms with Gasteiger partial charge in [0.05, 0.1) is 46.6 Å². The number of rotatable bonds is 6. The average Bonchev–Trinajstić information content (AvgIpc) is 2.93. The average molecular weight is 503 g/mol. The number of sulfonamides is 1. The van der Waals surface area contributed by atoms with E-state index in [4.69, 9.17) is 9.72 Å². The minimum atomic E-state index is -3.74. The number of amides is 1. The summed E-state index contributed by atoms with van der Waals surface area (Å²) in [6.07, 6.45) is 1.66. The van der Waals surface area contributed by atoms with E-state index in [0.29, 0.717) is 54.2 Å². The molecular formula is C27H26N4O4S. The van der Waals surface area contributed by atoms with Gasteiger partial charge in [-0.15, -0.1) is 0 Å². The topological polar surface area (TPSA) is 101 Å². The predicted octanol–water partition coefficient (Wildman–Crippen LogP) is 3.81. The van der Waals surface area contributed by atoms with Crippen LogP contribution in [0.4, 0.5) is 0 Å². The third-order valence-electron chi connectivity index (χ3n) is 6.21. The Labute approximate surface area is 210 Å². The molecule has 3 heterocycles. The quantitative estimate of drug-likeness (QED) is 0.430. The smallest absolute Gasteiger partial charge is 0.252 e. The fourth-order valence-corrected chi connectivity index (χ4v) is 5.67. The fourth-order valence-electron chi connectivity index (χ4n) is 4.23. The first-order chi connectivity index (χ1) is 17.4. The zero-order valence-electron chi connectivity index (χ0n) is 19.8. The standard InChI is InChI=1S/C27H26N4O4S/c1-19(20-7-3-2-4-8-20)29-27(32)23-18-26(25-9-5-6-12-28-25)30-24-11-10-21(17-22(23)24)36(33,34)31-13-15-35-16-14-31/h2-12,17-19H,13-16H2,1H3,(H,29,32)/t19-/m0/s1. The number of hydrogen-bond acceptors (Lipinski definition) is 6. The van der Waals surface area contributed by atoms with Crippen LogP contribution in [0, 0.1) is 0 Å². The highest BCUT2D eigenvalue weighted by Crippen LogP contribution is 2.28. The Kier molecular flexibility index (Phi) is 6.77. The number of ether oxygens (including phenoxy) is 1. The summed E-state index contributed by atoms with van der Waals surface area (Å²) < 4.78 is 33.3. The molecule has 36 heavy (non-hydrogen) atoms. The van der Waals surface area contributed by atoms with Gasteiger partial charge in [0.15, 0.2) is 0 Å². The third-order valence-corrected chi connectivity index (χ3v) is 8.10. The van der Waals surface area contributed by atoms with Crippen LogP contribution in [0.2, 0.25) is 0 Å². The van der Waals surface area contributed by atoms with E-state index in [1.807, 2.05) is 55.5 Å². The first kappa shape index (κ1) is 24.1. The lowest BCUT2D eigenvalue weighted by molar-refractivity contribution is 0.0730. The molecule has 1 N–H and O–H groups in total. The number of benzene rings is 2. The maximum Gasteiger partial charge on any atom is 0.252 e. The molecule has 0 radical (unpaired) electrons. The number of nitrogens with zero attached hydrogens (tertiary/aromatic N) is 3. The van der Waals surface area contributed by atoms with Gasteiger partial charge in [0.2, 0.25) is 10.0 Å². The van der Waals surface area contributed by atoms with E-state index >= 15 is 0 Å². The summed E-state index contributed by atoms with van der Waals surface area (Å²) in [6, 6.07) is 21.3. The molecule has 184 valence electrons. The SMILES string of the molecule is C[C@H](NC(=O)c1cc(-c2ccccn2)nc2ccc(S(=O)(=O)N3CCOCC3)cc12)c1ccccc1. The van der Waals surface area contributed by atoms with E-state index < -0.39 is 10.0 Å². The molecular weight excluding hydrogens is 476 g/mol. The summed E-state index contributed by atoms with van der Waals surface area (Å²) in [4.78, 5) is 22.7. The van der Waals surface area contributed by atoms with Gasteiger partial charge in [-0.2, -0.15) is 4.31 Å². The number of nitrogens with one attached hydrogen (secondary N) is 1. The first-order valence-electron chi connectivity index (χ1n) is 11.7. The minimum absolute atomic E-state index is 0.120. The van der Waals surface area contributed by atoms with E-state index in [9.17, 15) is 13.2 Å². The fraction of sp³-hybridized carbons (Fsp3) is 0.222. The van der Waals surface area contributed by atoms with Crippen LogP contribution >= 0.6 is 0 Å².